The van der Waals surface area contributed by atoms with E-state index in [-0.39, 0.29) is 5.78 Å². The fourth-order valence-electron chi connectivity index (χ4n) is 4.40. The molecule has 0 saturated carbocycles. The predicted molar refractivity (Wildman–Crippen MR) is 122 cm³/mol. The number of phenols is 1. The SMILES string of the molecule is Cc1cc(C(=O)C[NH+]2CCN(c3ccccc3O)CC2)c(C)n1CCc1cccs1. The number of carbonyl (C=O) groups is 1. The zero-order chi connectivity index (χ0) is 21.1. The van der Waals surface area contributed by atoms with E-state index in [1.807, 2.05) is 18.2 Å². The van der Waals surface area contributed by atoms with Gasteiger partial charge in [-0.3, -0.25) is 4.79 Å². The van der Waals surface area contributed by atoms with Crippen molar-refractivity contribution in [3.05, 3.63) is 69.7 Å². The first-order valence-corrected chi connectivity index (χ1v) is 11.5. The number of anilines is 1. The zero-order valence-corrected chi connectivity index (χ0v) is 18.5. The lowest BCUT2D eigenvalue weighted by molar-refractivity contribution is -0.892. The number of quaternary nitrogens is 1. The summed E-state index contributed by atoms with van der Waals surface area (Å²) >= 11 is 1.79. The minimum absolute atomic E-state index is 0.233. The molecule has 3 aromatic rings. The number of nitrogens with one attached hydrogen (secondary N) is 1. The van der Waals surface area contributed by atoms with Crippen LogP contribution in [-0.4, -0.2) is 48.2 Å². The summed E-state index contributed by atoms with van der Waals surface area (Å²) in [5.41, 5.74) is 4.00. The third-order valence-electron chi connectivity index (χ3n) is 6.14. The molecule has 0 amide bonds. The molecule has 1 fully saturated rings. The number of nitrogens with zero attached hydrogens (tertiary/aromatic N) is 2. The van der Waals surface area contributed by atoms with Crippen LogP contribution in [0, 0.1) is 13.8 Å². The molecule has 2 N–H and O–H groups in total. The van der Waals surface area contributed by atoms with Crippen LogP contribution in [0.5, 0.6) is 5.75 Å². The Morgan fingerprint density at radius 1 is 1.13 bits per heavy atom. The molecule has 0 radical (unpaired) electrons. The summed E-state index contributed by atoms with van der Waals surface area (Å²) in [6, 6.07) is 13.8. The van der Waals surface area contributed by atoms with Gasteiger partial charge in [-0.1, -0.05) is 18.2 Å². The molecule has 158 valence electrons. The molecule has 5 nitrogen and oxygen atoms in total. The Labute approximate surface area is 182 Å². The van der Waals surface area contributed by atoms with Gasteiger partial charge in [-0.25, -0.2) is 0 Å². The van der Waals surface area contributed by atoms with Crippen molar-refractivity contribution in [1.29, 1.82) is 0 Å². The van der Waals surface area contributed by atoms with E-state index in [0.717, 1.165) is 61.8 Å². The quantitative estimate of drug-likeness (QED) is 0.574. The molecule has 2 aromatic heterocycles. The van der Waals surface area contributed by atoms with Gasteiger partial charge in [-0.15, -0.1) is 11.3 Å². The molecular weight excluding hydrogens is 394 g/mol. The van der Waals surface area contributed by atoms with Gasteiger partial charge in [0.1, 0.15) is 12.3 Å². The van der Waals surface area contributed by atoms with Gasteiger partial charge in [-0.05, 0) is 49.9 Å². The number of benzene rings is 1. The topological polar surface area (TPSA) is 49.9 Å². The molecule has 0 atom stereocenters. The van der Waals surface area contributed by atoms with Crippen LogP contribution in [0.4, 0.5) is 5.69 Å². The number of Topliss-reactive ketones (excluding diaryl/α,β-unsaturated/α-hetero) is 1. The van der Waals surface area contributed by atoms with Crippen LogP contribution < -0.4 is 9.80 Å². The van der Waals surface area contributed by atoms with Crippen LogP contribution in [0.2, 0.25) is 0 Å². The van der Waals surface area contributed by atoms with Gasteiger partial charge >= 0.3 is 0 Å². The second kappa shape index (κ2) is 9.06. The first-order valence-electron chi connectivity index (χ1n) is 10.6. The van der Waals surface area contributed by atoms with E-state index < -0.39 is 0 Å². The number of aromatic nitrogens is 1. The lowest BCUT2D eigenvalue weighted by atomic mass is 10.1. The molecule has 0 unspecified atom stereocenters. The number of carbonyl (C=O) groups excluding carboxylic acids is 1. The van der Waals surface area contributed by atoms with E-state index >= 15 is 0 Å². The Bertz CT molecular complexity index is 1000. The Kier molecular flexibility index (Phi) is 6.25. The van der Waals surface area contributed by atoms with Gasteiger partial charge < -0.3 is 19.5 Å². The lowest BCUT2D eigenvalue weighted by Gasteiger charge is -2.33. The Morgan fingerprint density at radius 3 is 2.60 bits per heavy atom. The van der Waals surface area contributed by atoms with Crippen LogP contribution in [0.25, 0.3) is 0 Å². The maximum absolute atomic E-state index is 13.1. The third-order valence-corrected chi connectivity index (χ3v) is 7.08. The summed E-state index contributed by atoms with van der Waals surface area (Å²) in [5, 5.41) is 12.2. The van der Waals surface area contributed by atoms with Crippen molar-refractivity contribution in [2.75, 3.05) is 37.6 Å². The van der Waals surface area contributed by atoms with Crippen molar-refractivity contribution < 1.29 is 14.8 Å². The van der Waals surface area contributed by atoms with Crippen molar-refractivity contribution in [3.63, 3.8) is 0 Å². The Balaban J connectivity index is 1.35. The highest BCUT2D eigenvalue weighted by molar-refractivity contribution is 7.09. The molecule has 1 aliphatic rings. The van der Waals surface area contributed by atoms with E-state index in [4.69, 9.17) is 0 Å². The Morgan fingerprint density at radius 2 is 1.90 bits per heavy atom. The maximum atomic E-state index is 13.1. The van der Waals surface area contributed by atoms with Crippen LogP contribution in [0.1, 0.15) is 26.6 Å². The van der Waals surface area contributed by atoms with Gasteiger partial charge in [0, 0.05) is 28.4 Å². The number of ketones is 1. The normalized spacial score (nSPS) is 14.9. The number of thiophene rings is 1. The molecular formula is C24H30N3O2S+. The summed E-state index contributed by atoms with van der Waals surface area (Å²) in [6.07, 6.45) is 1.00. The smallest absolute Gasteiger partial charge is 0.218 e. The van der Waals surface area contributed by atoms with Crippen LogP contribution in [-0.2, 0) is 13.0 Å². The number of phenolic OH excluding ortho intramolecular Hbond substituents is 1. The van der Waals surface area contributed by atoms with Crippen LogP contribution in [0.3, 0.4) is 0 Å². The van der Waals surface area contributed by atoms with Crippen molar-refractivity contribution in [1.82, 2.24) is 4.57 Å². The molecule has 1 saturated heterocycles. The second-order valence-corrected chi connectivity index (χ2v) is 9.12. The number of aryl methyl sites for hydroxylation is 2. The number of para-hydroxylation sites is 2. The van der Waals surface area contributed by atoms with E-state index in [0.29, 0.717) is 12.3 Å². The standard InChI is InChI=1S/C24H29N3O2S/c1-18-16-21(19(2)27(18)10-9-20-6-5-15-30-20)24(29)17-25-11-13-26(14-12-25)22-7-3-4-8-23(22)28/h3-8,15-16,28H,9-14,17H2,1-2H3/p+1. The second-order valence-electron chi connectivity index (χ2n) is 8.09. The van der Waals surface area contributed by atoms with Crippen molar-refractivity contribution in [3.8, 4) is 5.75 Å². The van der Waals surface area contributed by atoms with Gasteiger partial charge in [0.2, 0.25) is 5.78 Å². The van der Waals surface area contributed by atoms with E-state index in [9.17, 15) is 9.90 Å². The van der Waals surface area contributed by atoms with E-state index in [1.54, 1.807) is 17.4 Å². The molecule has 1 aliphatic heterocycles. The summed E-state index contributed by atoms with van der Waals surface area (Å²) in [5.74, 6) is 0.559. The number of piperazine rings is 1. The number of hydrogen-bond acceptors (Lipinski definition) is 4. The molecule has 3 heterocycles. The van der Waals surface area contributed by atoms with Gasteiger partial charge in [0.25, 0.3) is 0 Å². The third kappa shape index (κ3) is 4.45. The molecule has 0 bridgehead atoms. The average Bonchev–Trinajstić information content (AvgIpc) is 3.36. The molecule has 0 aliphatic carbocycles. The summed E-state index contributed by atoms with van der Waals surface area (Å²) in [6.45, 7) is 9.10. The van der Waals surface area contributed by atoms with Crippen LogP contribution >= 0.6 is 11.3 Å². The first kappa shape index (κ1) is 20.7. The number of aromatic hydroxyl groups is 1. The highest BCUT2D eigenvalue weighted by Crippen LogP contribution is 2.26. The van der Waals surface area contributed by atoms with Gasteiger partial charge in [0.05, 0.1) is 31.9 Å². The van der Waals surface area contributed by atoms with Gasteiger partial charge in [-0.2, -0.15) is 0 Å². The average molecular weight is 425 g/mol. The van der Waals surface area contributed by atoms with Crippen molar-refractivity contribution in [2.45, 2.75) is 26.8 Å². The highest BCUT2D eigenvalue weighted by atomic mass is 32.1. The van der Waals surface area contributed by atoms with Crippen molar-refractivity contribution >= 4 is 22.8 Å². The highest BCUT2D eigenvalue weighted by Gasteiger charge is 2.25. The minimum atomic E-state index is 0.233. The van der Waals surface area contributed by atoms with Crippen molar-refractivity contribution in [2.24, 2.45) is 0 Å². The fourth-order valence-corrected chi connectivity index (χ4v) is 5.10. The summed E-state index contributed by atoms with van der Waals surface area (Å²) in [4.78, 5) is 18.0. The van der Waals surface area contributed by atoms with Gasteiger partial charge in [0.15, 0.2) is 0 Å². The Hall–Kier alpha value is -2.57. The monoisotopic (exact) mass is 424 g/mol. The molecule has 30 heavy (non-hydrogen) atoms. The maximum Gasteiger partial charge on any atom is 0.218 e. The molecule has 4 rings (SSSR count). The minimum Gasteiger partial charge on any atom is -0.506 e. The number of hydrogen-bond donors (Lipinski definition) is 2. The number of rotatable bonds is 7. The zero-order valence-electron chi connectivity index (χ0n) is 17.7. The summed E-state index contributed by atoms with van der Waals surface area (Å²) < 4.78 is 2.28. The van der Waals surface area contributed by atoms with Crippen LogP contribution in [0.15, 0.2) is 47.8 Å². The van der Waals surface area contributed by atoms with E-state index in [2.05, 4.69) is 46.9 Å². The molecule has 1 aromatic carbocycles. The fraction of sp³-hybridized carbons (Fsp3) is 0.375. The molecule has 6 heteroatoms. The predicted octanol–water partition coefficient (Wildman–Crippen LogP) is 2.70. The van der Waals surface area contributed by atoms with E-state index in [1.165, 1.54) is 9.78 Å². The first-order chi connectivity index (χ1) is 14.5. The largest absolute Gasteiger partial charge is 0.506 e. The summed E-state index contributed by atoms with van der Waals surface area (Å²) in [7, 11) is 0. The lowest BCUT2D eigenvalue weighted by Crippen LogP contribution is -3.15. The molecule has 0 spiro atoms.